The number of ketones is 1. The first kappa shape index (κ1) is 18.2. The largest absolute Gasteiger partial charge is 0.380 e. The maximum atomic E-state index is 12.2. The quantitative estimate of drug-likeness (QED) is 0.165. The maximum absolute atomic E-state index is 12.2. The van der Waals surface area contributed by atoms with Crippen LogP contribution in [0.15, 0.2) is 47.8 Å². The third-order valence-electron chi connectivity index (χ3n) is 3.23. The van der Waals surface area contributed by atoms with Crippen molar-refractivity contribution < 1.29 is 9.59 Å². The molecule has 1 aromatic heterocycles. The molecule has 128 valence electrons. The van der Waals surface area contributed by atoms with Crippen LogP contribution in [0.5, 0.6) is 0 Å². The minimum Gasteiger partial charge on any atom is -0.380 e. The Hall–Kier alpha value is -3.13. The predicted molar refractivity (Wildman–Crippen MR) is 101 cm³/mol. The molecule has 2 rings (SSSR count). The van der Waals surface area contributed by atoms with Gasteiger partial charge in [-0.1, -0.05) is 6.07 Å². The fourth-order valence-corrected chi connectivity index (χ4v) is 2.13. The molecule has 0 fully saturated rings. The zero-order chi connectivity index (χ0) is 18.1. The molecule has 7 nitrogen and oxygen atoms in total. The maximum Gasteiger partial charge on any atom is 0.184 e. The average Bonchev–Trinajstić information content (AvgIpc) is 2.61. The molecule has 0 saturated heterocycles. The molecule has 2 aromatic rings. The lowest BCUT2D eigenvalue weighted by atomic mass is 10.0. The van der Waals surface area contributed by atoms with Crippen molar-refractivity contribution in [1.82, 2.24) is 10.4 Å². The Balaban J connectivity index is 2.21. The molecule has 0 saturated carbocycles. The van der Waals surface area contributed by atoms with Crippen LogP contribution in [0.25, 0.3) is 0 Å². The number of pyridine rings is 1. The summed E-state index contributed by atoms with van der Waals surface area (Å²) in [4.78, 5) is 26.9. The Bertz CT molecular complexity index is 793. The van der Waals surface area contributed by atoms with Gasteiger partial charge in [0.15, 0.2) is 10.9 Å². The van der Waals surface area contributed by atoms with E-state index in [2.05, 4.69) is 33.0 Å². The van der Waals surface area contributed by atoms with Gasteiger partial charge in [0, 0.05) is 30.2 Å². The van der Waals surface area contributed by atoms with Gasteiger partial charge >= 0.3 is 0 Å². The Morgan fingerprint density at radius 1 is 1.28 bits per heavy atom. The summed E-state index contributed by atoms with van der Waals surface area (Å²) in [5.41, 5.74) is 10.5. The van der Waals surface area contributed by atoms with Gasteiger partial charge in [0.2, 0.25) is 0 Å². The summed E-state index contributed by atoms with van der Waals surface area (Å²) in [6.45, 7) is 0.528. The minimum absolute atomic E-state index is 0.0455. The molecule has 4 N–H and O–H groups in total. The van der Waals surface area contributed by atoms with Crippen molar-refractivity contribution in [1.29, 1.82) is 0 Å². The summed E-state index contributed by atoms with van der Waals surface area (Å²) in [6.07, 6.45) is 5.29. The number of benzene rings is 1. The zero-order valence-corrected chi connectivity index (χ0v) is 14.1. The molecule has 0 aliphatic heterocycles. The molecule has 0 unspecified atom stereocenters. The number of hydrazone groups is 1. The SMILES string of the molecule is NC(=S)N/N=C/c1ccc(NCc2ccncc2)c(C(=O)CC=O)c1. The number of aromatic nitrogens is 1. The van der Waals surface area contributed by atoms with Crippen molar-refractivity contribution in [3.63, 3.8) is 0 Å². The van der Waals surface area contributed by atoms with E-state index in [1.807, 2.05) is 12.1 Å². The van der Waals surface area contributed by atoms with Crippen LogP contribution in [0.2, 0.25) is 0 Å². The zero-order valence-electron chi connectivity index (χ0n) is 13.3. The Labute approximate surface area is 150 Å². The summed E-state index contributed by atoms with van der Waals surface area (Å²) in [5, 5.41) is 7.11. The van der Waals surface area contributed by atoms with E-state index in [0.29, 0.717) is 29.6 Å². The van der Waals surface area contributed by atoms with E-state index in [1.54, 1.807) is 30.6 Å². The molecule has 0 atom stereocenters. The number of nitrogens with two attached hydrogens (primary N) is 1. The van der Waals surface area contributed by atoms with E-state index in [-0.39, 0.29) is 17.3 Å². The van der Waals surface area contributed by atoms with Gasteiger partial charge in [-0.3, -0.25) is 15.2 Å². The van der Waals surface area contributed by atoms with Gasteiger partial charge in [0.05, 0.1) is 12.6 Å². The normalized spacial score (nSPS) is 10.4. The molecular weight excluding hydrogens is 338 g/mol. The lowest BCUT2D eigenvalue weighted by Crippen LogP contribution is -2.24. The lowest BCUT2D eigenvalue weighted by molar-refractivity contribution is -0.107. The number of thiocarbonyl (C=S) groups is 1. The van der Waals surface area contributed by atoms with Gasteiger partial charge in [-0.05, 0) is 47.6 Å². The highest BCUT2D eigenvalue weighted by Crippen LogP contribution is 2.19. The van der Waals surface area contributed by atoms with E-state index >= 15 is 0 Å². The number of carbonyl (C=O) groups is 2. The number of aldehydes is 1. The Kier molecular flexibility index (Phi) is 6.73. The van der Waals surface area contributed by atoms with Crippen molar-refractivity contribution in [2.24, 2.45) is 10.8 Å². The molecule has 0 amide bonds. The van der Waals surface area contributed by atoms with Crippen LogP contribution in [0.3, 0.4) is 0 Å². The number of hydrogen-bond donors (Lipinski definition) is 3. The Morgan fingerprint density at radius 3 is 2.72 bits per heavy atom. The van der Waals surface area contributed by atoms with Crippen LogP contribution in [0.4, 0.5) is 5.69 Å². The number of carbonyl (C=O) groups excluding carboxylic acids is 2. The number of hydrogen-bond acceptors (Lipinski definition) is 6. The highest BCUT2D eigenvalue weighted by molar-refractivity contribution is 7.80. The second kappa shape index (κ2) is 9.24. The highest BCUT2D eigenvalue weighted by atomic mass is 32.1. The number of nitrogens with one attached hydrogen (secondary N) is 2. The predicted octanol–water partition coefficient (Wildman–Crippen LogP) is 1.63. The smallest absolute Gasteiger partial charge is 0.184 e. The fraction of sp³-hybridized carbons (Fsp3) is 0.118. The van der Waals surface area contributed by atoms with Crippen molar-refractivity contribution >= 4 is 41.3 Å². The van der Waals surface area contributed by atoms with Crippen LogP contribution in [0.1, 0.15) is 27.9 Å². The monoisotopic (exact) mass is 355 g/mol. The van der Waals surface area contributed by atoms with Crippen molar-refractivity contribution in [2.45, 2.75) is 13.0 Å². The molecule has 8 heteroatoms. The van der Waals surface area contributed by atoms with E-state index in [1.165, 1.54) is 6.21 Å². The summed E-state index contributed by atoms with van der Waals surface area (Å²) < 4.78 is 0. The topological polar surface area (TPSA) is 109 Å². The second-order valence-corrected chi connectivity index (χ2v) is 5.48. The summed E-state index contributed by atoms with van der Waals surface area (Å²) in [5.74, 6) is -0.273. The first-order valence-corrected chi connectivity index (χ1v) is 7.83. The third kappa shape index (κ3) is 5.78. The molecule has 1 heterocycles. The van der Waals surface area contributed by atoms with Gasteiger partial charge < -0.3 is 15.8 Å². The third-order valence-corrected chi connectivity index (χ3v) is 3.32. The molecule has 1 aromatic carbocycles. The molecule has 0 bridgehead atoms. The fourth-order valence-electron chi connectivity index (χ4n) is 2.08. The average molecular weight is 355 g/mol. The van der Waals surface area contributed by atoms with Crippen LogP contribution < -0.4 is 16.5 Å². The lowest BCUT2D eigenvalue weighted by Gasteiger charge is -2.12. The molecular formula is C17H17N5O2S. The second-order valence-electron chi connectivity index (χ2n) is 5.04. The van der Waals surface area contributed by atoms with Crippen LogP contribution in [0, 0.1) is 0 Å². The highest BCUT2D eigenvalue weighted by Gasteiger charge is 2.12. The number of anilines is 1. The van der Waals surface area contributed by atoms with Crippen LogP contribution in [-0.2, 0) is 11.3 Å². The van der Waals surface area contributed by atoms with Gasteiger partial charge in [-0.2, -0.15) is 5.10 Å². The van der Waals surface area contributed by atoms with E-state index in [4.69, 9.17) is 5.73 Å². The Morgan fingerprint density at radius 2 is 2.04 bits per heavy atom. The summed E-state index contributed by atoms with van der Waals surface area (Å²) in [6, 6.07) is 8.97. The van der Waals surface area contributed by atoms with Gasteiger partial charge in [0.1, 0.15) is 6.29 Å². The molecule has 0 aliphatic carbocycles. The van der Waals surface area contributed by atoms with E-state index < -0.39 is 0 Å². The van der Waals surface area contributed by atoms with E-state index in [9.17, 15) is 9.59 Å². The van der Waals surface area contributed by atoms with Crippen LogP contribution in [-0.4, -0.2) is 28.4 Å². The molecule has 0 radical (unpaired) electrons. The van der Waals surface area contributed by atoms with Crippen molar-refractivity contribution in [2.75, 3.05) is 5.32 Å². The number of Topliss-reactive ketones (excluding diaryl/α,β-unsaturated/α-hetero) is 1. The standard InChI is InChI=1S/C17H17N5O2S/c18-17(25)22-21-11-13-1-2-15(14(9-13)16(24)5-8-23)20-10-12-3-6-19-7-4-12/h1-4,6-9,11,20H,5,10H2,(H3,18,22,25)/b21-11+. The summed E-state index contributed by atoms with van der Waals surface area (Å²) in [7, 11) is 0. The number of nitrogens with zero attached hydrogens (tertiary/aromatic N) is 2. The first-order chi connectivity index (χ1) is 12.1. The molecule has 0 aliphatic rings. The first-order valence-electron chi connectivity index (χ1n) is 7.42. The van der Waals surface area contributed by atoms with E-state index in [0.717, 1.165) is 5.56 Å². The minimum atomic E-state index is -0.273. The van der Waals surface area contributed by atoms with Crippen molar-refractivity contribution in [3.8, 4) is 0 Å². The summed E-state index contributed by atoms with van der Waals surface area (Å²) >= 11 is 4.66. The van der Waals surface area contributed by atoms with Gasteiger partial charge in [-0.15, -0.1) is 0 Å². The number of rotatable bonds is 8. The van der Waals surface area contributed by atoms with Crippen LogP contribution >= 0.6 is 12.2 Å². The van der Waals surface area contributed by atoms with Gasteiger partial charge in [0.25, 0.3) is 0 Å². The molecule has 0 spiro atoms. The molecule has 25 heavy (non-hydrogen) atoms. The van der Waals surface area contributed by atoms with Gasteiger partial charge in [-0.25, -0.2) is 0 Å². The van der Waals surface area contributed by atoms with Crippen molar-refractivity contribution in [3.05, 3.63) is 59.4 Å².